The molecule has 3 heteroatoms. The Labute approximate surface area is 111 Å². The average molecular weight is 250 g/mol. The largest absolute Gasteiger partial charge is 0.494 e. The number of benzene rings is 1. The van der Waals surface area contributed by atoms with Gasteiger partial charge >= 0.3 is 0 Å². The first-order chi connectivity index (χ1) is 8.86. The Morgan fingerprint density at radius 1 is 1.06 bits per heavy atom. The second-order valence-electron chi connectivity index (χ2n) is 4.50. The molecular formula is C15H26N2O. The highest BCUT2D eigenvalue weighted by Crippen LogP contribution is 2.16. The highest BCUT2D eigenvalue weighted by atomic mass is 16.5. The third-order valence-electron chi connectivity index (χ3n) is 2.83. The third-order valence-corrected chi connectivity index (χ3v) is 2.83. The van der Waals surface area contributed by atoms with Crippen LogP contribution in [-0.2, 0) is 0 Å². The standard InChI is InChI=1S/C15H26N2O/c1-2-3-13-18-15-9-7-14(8-10-15)17-12-6-4-5-11-16/h7-10,17H,2-6,11-13,16H2,1H3. The Kier molecular flexibility index (Phi) is 8.06. The highest BCUT2D eigenvalue weighted by molar-refractivity contribution is 5.46. The Morgan fingerprint density at radius 3 is 2.50 bits per heavy atom. The van der Waals surface area contributed by atoms with Gasteiger partial charge in [0.15, 0.2) is 0 Å². The SMILES string of the molecule is CCCCOc1ccc(NCCCCCN)cc1. The first-order valence-electron chi connectivity index (χ1n) is 7.03. The van der Waals surface area contributed by atoms with Gasteiger partial charge in [0.05, 0.1) is 6.61 Å². The summed E-state index contributed by atoms with van der Waals surface area (Å²) in [6.07, 6.45) is 5.77. The molecule has 0 heterocycles. The van der Waals surface area contributed by atoms with Crippen LogP contribution < -0.4 is 15.8 Å². The van der Waals surface area contributed by atoms with Crippen LogP contribution in [0.3, 0.4) is 0 Å². The lowest BCUT2D eigenvalue weighted by Gasteiger charge is -2.08. The fourth-order valence-corrected chi connectivity index (χ4v) is 1.68. The van der Waals surface area contributed by atoms with Crippen LogP contribution in [0.25, 0.3) is 0 Å². The Balaban J connectivity index is 2.19. The van der Waals surface area contributed by atoms with Crippen LogP contribution in [0.1, 0.15) is 39.0 Å². The summed E-state index contributed by atoms with van der Waals surface area (Å²) in [5.74, 6) is 0.956. The highest BCUT2D eigenvalue weighted by Gasteiger charge is 1.95. The van der Waals surface area contributed by atoms with Crippen LogP contribution in [0.4, 0.5) is 5.69 Å². The van der Waals surface area contributed by atoms with E-state index in [2.05, 4.69) is 24.4 Å². The van der Waals surface area contributed by atoms with E-state index in [1.54, 1.807) is 0 Å². The zero-order valence-corrected chi connectivity index (χ0v) is 11.5. The predicted octanol–water partition coefficient (Wildman–Crippen LogP) is 3.41. The van der Waals surface area contributed by atoms with Crippen molar-refractivity contribution in [2.24, 2.45) is 5.73 Å². The second kappa shape index (κ2) is 9.77. The lowest BCUT2D eigenvalue weighted by atomic mass is 10.2. The summed E-state index contributed by atoms with van der Waals surface area (Å²) < 4.78 is 5.62. The van der Waals surface area contributed by atoms with E-state index in [1.165, 1.54) is 19.3 Å². The summed E-state index contributed by atoms with van der Waals surface area (Å²) in [7, 11) is 0. The van der Waals surface area contributed by atoms with E-state index in [0.717, 1.165) is 44.0 Å². The predicted molar refractivity (Wildman–Crippen MR) is 78.2 cm³/mol. The molecule has 0 aliphatic carbocycles. The molecule has 1 rings (SSSR count). The smallest absolute Gasteiger partial charge is 0.119 e. The minimum Gasteiger partial charge on any atom is -0.494 e. The molecule has 0 fully saturated rings. The van der Waals surface area contributed by atoms with Crippen LogP contribution in [0.5, 0.6) is 5.75 Å². The van der Waals surface area contributed by atoms with Crippen molar-refractivity contribution in [1.29, 1.82) is 0 Å². The minimum absolute atomic E-state index is 0.795. The van der Waals surface area contributed by atoms with Gasteiger partial charge in [-0.15, -0.1) is 0 Å². The molecule has 1 aromatic rings. The first kappa shape index (κ1) is 14.8. The summed E-state index contributed by atoms with van der Waals surface area (Å²) in [6, 6.07) is 8.20. The van der Waals surface area contributed by atoms with E-state index in [4.69, 9.17) is 10.5 Å². The van der Waals surface area contributed by atoms with Gasteiger partial charge in [-0.05, 0) is 50.1 Å². The van der Waals surface area contributed by atoms with Crippen LogP contribution in [0.15, 0.2) is 24.3 Å². The lowest BCUT2D eigenvalue weighted by Crippen LogP contribution is -2.04. The van der Waals surface area contributed by atoms with Crippen molar-refractivity contribution in [2.75, 3.05) is 25.0 Å². The van der Waals surface area contributed by atoms with Crippen LogP contribution in [0, 0.1) is 0 Å². The maximum atomic E-state index is 5.62. The molecule has 3 nitrogen and oxygen atoms in total. The normalized spacial score (nSPS) is 10.3. The summed E-state index contributed by atoms with van der Waals surface area (Å²) in [5, 5.41) is 3.40. The molecule has 0 bridgehead atoms. The molecule has 0 saturated heterocycles. The molecule has 0 atom stereocenters. The van der Waals surface area contributed by atoms with Crippen molar-refractivity contribution < 1.29 is 4.74 Å². The van der Waals surface area contributed by atoms with Crippen molar-refractivity contribution >= 4 is 5.69 Å². The first-order valence-corrected chi connectivity index (χ1v) is 7.03. The lowest BCUT2D eigenvalue weighted by molar-refractivity contribution is 0.309. The molecule has 102 valence electrons. The van der Waals surface area contributed by atoms with Crippen molar-refractivity contribution in [3.05, 3.63) is 24.3 Å². The maximum absolute atomic E-state index is 5.62. The Hall–Kier alpha value is -1.22. The molecule has 1 aromatic carbocycles. The van der Waals surface area contributed by atoms with Gasteiger partial charge in [0.1, 0.15) is 5.75 Å². The number of ether oxygens (including phenoxy) is 1. The van der Waals surface area contributed by atoms with Crippen LogP contribution >= 0.6 is 0 Å². The molecule has 3 N–H and O–H groups in total. The monoisotopic (exact) mass is 250 g/mol. The number of hydrogen-bond acceptors (Lipinski definition) is 3. The van der Waals surface area contributed by atoms with Crippen molar-refractivity contribution in [2.45, 2.75) is 39.0 Å². The number of rotatable bonds is 10. The molecule has 18 heavy (non-hydrogen) atoms. The van der Waals surface area contributed by atoms with Crippen LogP contribution in [-0.4, -0.2) is 19.7 Å². The van der Waals surface area contributed by atoms with Gasteiger partial charge in [-0.25, -0.2) is 0 Å². The number of nitrogens with two attached hydrogens (primary N) is 1. The summed E-state index contributed by atoms with van der Waals surface area (Å²) in [5.41, 5.74) is 6.61. The zero-order chi connectivity index (χ0) is 13.1. The molecular weight excluding hydrogens is 224 g/mol. The number of anilines is 1. The average Bonchev–Trinajstić information content (AvgIpc) is 2.40. The summed E-state index contributed by atoms with van der Waals surface area (Å²) in [4.78, 5) is 0. The fourth-order valence-electron chi connectivity index (χ4n) is 1.68. The van der Waals surface area contributed by atoms with E-state index in [1.807, 2.05) is 12.1 Å². The molecule has 0 amide bonds. The number of hydrogen-bond donors (Lipinski definition) is 2. The van der Waals surface area contributed by atoms with Crippen molar-refractivity contribution in [3.8, 4) is 5.75 Å². The van der Waals surface area contributed by atoms with Gasteiger partial charge in [-0.2, -0.15) is 0 Å². The van der Waals surface area contributed by atoms with Crippen LogP contribution in [0.2, 0.25) is 0 Å². The van der Waals surface area contributed by atoms with Gasteiger partial charge in [0.25, 0.3) is 0 Å². The number of nitrogens with one attached hydrogen (secondary N) is 1. The quantitative estimate of drug-likeness (QED) is 0.626. The van der Waals surface area contributed by atoms with E-state index in [0.29, 0.717) is 0 Å². The Bertz CT molecular complexity index is 298. The minimum atomic E-state index is 0.795. The Morgan fingerprint density at radius 2 is 1.83 bits per heavy atom. The van der Waals surface area contributed by atoms with Gasteiger partial charge in [0.2, 0.25) is 0 Å². The second-order valence-corrected chi connectivity index (χ2v) is 4.50. The molecule has 0 radical (unpaired) electrons. The molecule has 0 aliphatic heterocycles. The number of unbranched alkanes of at least 4 members (excludes halogenated alkanes) is 3. The van der Waals surface area contributed by atoms with E-state index in [9.17, 15) is 0 Å². The molecule has 0 unspecified atom stereocenters. The van der Waals surface area contributed by atoms with E-state index >= 15 is 0 Å². The van der Waals surface area contributed by atoms with Gasteiger partial charge < -0.3 is 15.8 Å². The molecule has 0 aliphatic rings. The fraction of sp³-hybridized carbons (Fsp3) is 0.600. The maximum Gasteiger partial charge on any atom is 0.119 e. The van der Waals surface area contributed by atoms with Crippen molar-refractivity contribution in [1.82, 2.24) is 0 Å². The van der Waals surface area contributed by atoms with Gasteiger partial charge in [0, 0.05) is 12.2 Å². The molecule has 0 aromatic heterocycles. The molecule has 0 saturated carbocycles. The topological polar surface area (TPSA) is 47.3 Å². The van der Waals surface area contributed by atoms with E-state index in [-0.39, 0.29) is 0 Å². The van der Waals surface area contributed by atoms with Crippen molar-refractivity contribution in [3.63, 3.8) is 0 Å². The summed E-state index contributed by atoms with van der Waals surface area (Å²) >= 11 is 0. The summed E-state index contributed by atoms with van der Waals surface area (Å²) in [6.45, 7) is 4.78. The molecule has 0 spiro atoms. The van der Waals surface area contributed by atoms with E-state index < -0.39 is 0 Å². The zero-order valence-electron chi connectivity index (χ0n) is 11.5. The third kappa shape index (κ3) is 6.50. The van der Waals surface area contributed by atoms with Gasteiger partial charge in [-0.3, -0.25) is 0 Å². The van der Waals surface area contributed by atoms with Gasteiger partial charge in [-0.1, -0.05) is 19.8 Å².